The highest BCUT2D eigenvalue weighted by Crippen LogP contribution is 2.19. The number of hydrogen-bond donors (Lipinski definition) is 3. The zero-order valence-electron chi connectivity index (χ0n) is 10.7. The molecular weight excluding hydrogens is 261 g/mol. The van der Waals surface area contributed by atoms with Crippen LogP contribution in [0, 0.1) is 17.1 Å². The number of aryl methyl sites for hydroxylation is 1. The molecule has 1 aromatic heterocycles. The summed E-state index contributed by atoms with van der Waals surface area (Å²) in [5.74, 6) is -1.30. The molecule has 0 spiro atoms. The first-order valence-corrected chi connectivity index (χ1v) is 5.90. The molecule has 4 N–H and O–H groups in total. The first-order chi connectivity index (χ1) is 9.56. The molecule has 2 aromatic rings. The number of rotatable bonds is 3. The minimum absolute atomic E-state index is 0.0191. The Kier molecular flexibility index (Phi) is 3.66. The number of hydrogen-bond acceptors (Lipinski definition) is 4. The van der Waals surface area contributed by atoms with Crippen molar-refractivity contribution in [3.8, 4) is 6.07 Å². The van der Waals surface area contributed by atoms with Crippen molar-refractivity contribution in [2.45, 2.75) is 13.3 Å². The summed E-state index contributed by atoms with van der Waals surface area (Å²) < 4.78 is 13.7. The van der Waals surface area contributed by atoms with Crippen molar-refractivity contribution >= 4 is 17.3 Å². The monoisotopic (exact) mass is 273 g/mol. The van der Waals surface area contributed by atoms with Crippen molar-refractivity contribution in [3.63, 3.8) is 0 Å². The first kappa shape index (κ1) is 13.5. The first-order valence-electron chi connectivity index (χ1n) is 5.90. The number of carbonyl (C=O) groups excluding carboxylic acids is 1. The minimum Gasteiger partial charge on any atom is -0.395 e. The van der Waals surface area contributed by atoms with Crippen LogP contribution in [0.25, 0.3) is 0 Å². The quantitative estimate of drug-likeness (QED) is 0.792. The Bertz CT molecular complexity index is 701. The van der Waals surface area contributed by atoms with Crippen molar-refractivity contribution in [2.75, 3.05) is 11.1 Å². The lowest BCUT2D eigenvalue weighted by atomic mass is 10.2. The van der Waals surface area contributed by atoms with Gasteiger partial charge in [0.05, 0.1) is 28.7 Å². The maximum atomic E-state index is 13.7. The fourth-order valence-corrected chi connectivity index (χ4v) is 1.70. The number of benzene rings is 1. The van der Waals surface area contributed by atoms with E-state index in [0.717, 1.165) is 6.07 Å². The van der Waals surface area contributed by atoms with Gasteiger partial charge in [-0.25, -0.2) is 4.39 Å². The van der Waals surface area contributed by atoms with Crippen LogP contribution >= 0.6 is 0 Å². The predicted molar refractivity (Wildman–Crippen MR) is 71.4 cm³/mol. The van der Waals surface area contributed by atoms with Crippen molar-refractivity contribution < 1.29 is 9.18 Å². The number of nitrogens with zero attached hydrogens (tertiary/aromatic N) is 2. The molecule has 0 unspecified atom stereocenters. The normalized spacial score (nSPS) is 10.1. The number of H-pyrrole nitrogens is 1. The molecule has 0 aliphatic carbocycles. The molecule has 102 valence electrons. The molecule has 1 heterocycles. The Morgan fingerprint density at radius 1 is 1.60 bits per heavy atom. The maximum Gasteiger partial charge on any atom is 0.278 e. The largest absolute Gasteiger partial charge is 0.395 e. The zero-order valence-corrected chi connectivity index (χ0v) is 10.7. The van der Waals surface area contributed by atoms with Crippen LogP contribution < -0.4 is 11.1 Å². The number of aromatic amines is 1. The van der Waals surface area contributed by atoms with Gasteiger partial charge >= 0.3 is 0 Å². The van der Waals surface area contributed by atoms with Crippen molar-refractivity contribution in [3.05, 3.63) is 41.0 Å². The second-order valence-corrected chi connectivity index (χ2v) is 4.08. The molecule has 0 fully saturated rings. The molecule has 6 nitrogen and oxygen atoms in total. The number of carbonyl (C=O) groups is 1. The van der Waals surface area contributed by atoms with Gasteiger partial charge in [-0.2, -0.15) is 10.4 Å². The van der Waals surface area contributed by atoms with Crippen LogP contribution in [0.5, 0.6) is 0 Å². The molecule has 0 saturated heterocycles. The molecule has 1 amide bonds. The smallest absolute Gasteiger partial charge is 0.278 e. The molecule has 1 aromatic carbocycles. The van der Waals surface area contributed by atoms with E-state index in [1.165, 1.54) is 12.1 Å². The molecule has 2 rings (SSSR count). The summed E-state index contributed by atoms with van der Waals surface area (Å²) in [4.78, 5) is 12.0. The van der Waals surface area contributed by atoms with Crippen LogP contribution in [0.3, 0.4) is 0 Å². The third-order valence-corrected chi connectivity index (χ3v) is 2.80. The standard InChI is InChI=1S/C13H12FN5O/c1-2-9-11(16)12(19-18-9)13(20)17-10-4-3-7(6-15)5-8(10)14/h3-5H,2,16H2,1H3,(H,17,20)(H,18,19). The number of halogens is 1. The van der Waals surface area contributed by atoms with E-state index in [-0.39, 0.29) is 22.6 Å². The van der Waals surface area contributed by atoms with Crippen LogP contribution in [0.15, 0.2) is 18.2 Å². The van der Waals surface area contributed by atoms with Crippen molar-refractivity contribution in [1.82, 2.24) is 10.2 Å². The average Bonchev–Trinajstić information content (AvgIpc) is 2.82. The Balaban J connectivity index is 2.24. The van der Waals surface area contributed by atoms with Crippen LogP contribution in [-0.4, -0.2) is 16.1 Å². The van der Waals surface area contributed by atoms with E-state index < -0.39 is 11.7 Å². The summed E-state index contributed by atoms with van der Waals surface area (Å²) in [6.07, 6.45) is 0.608. The second-order valence-electron chi connectivity index (χ2n) is 4.08. The van der Waals surface area contributed by atoms with Crippen LogP contribution in [0.4, 0.5) is 15.8 Å². The van der Waals surface area contributed by atoms with Gasteiger partial charge in [-0.3, -0.25) is 9.89 Å². The number of nitrogens with one attached hydrogen (secondary N) is 2. The molecule has 20 heavy (non-hydrogen) atoms. The Morgan fingerprint density at radius 2 is 2.35 bits per heavy atom. The molecular formula is C13H12FN5O. The third kappa shape index (κ3) is 2.44. The van der Waals surface area contributed by atoms with E-state index in [0.29, 0.717) is 12.1 Å². The van der Waals surface area contributed by atoms with Gasteiger partial charge in [0, 0.05) is 0 Å². The Morgan fingerprint density at radius 3 is 2.90 bits per heavy atom. The van der Waals surface area contributed by atoms with Gasteiger partial charge in [0.15, 0.2) is 5.69 Å². The van der Waals surface area contributed by atoms with Gasteiger partial charge in [-0.15, -0.1) is 0 Å². The van der Waals surface area contributed by atoms with Gasteiger partial charge in [0.25, 0.3) is 5.91 Å². The van der Waals surface area contributed by atoms with E-state index >= 15 is 0 Å². The third-order valence-electron chi connectivity index (χ3n) is 2.80. The van der Waals surface area contributed by atoms with Crippen LogP contribution in [-0.2, 0) is 6.42 Å². The van der Waals surface area contributed by atoms with E-state index in [4.69, 9.17) is 11.0 Å². The molecule has 0 saturated carbocycles. The molecule has 0 atom stereocenters. The number of amides is 1. The number of nitriles is 1. The lowest BCUT2D eigenvalue weighted by Gasteiger charge is -2.05. The van der Waals surface area contributed by atoms with E-state index in [2.05, 4.69) is 15.5 Å². The van der Waals surface area contributed by atoms with Crippen LogP contribution in [0.1, 0.15) is 28.7 Å². The van der Waals surface area contributed by atoms with Gasteiger partial charge in [-0.1, -0.05) is 6.92 Å². The molecule has 0 aliphatic rings. The van der Waals surface area contributed by atoms with Crippen LogP contribution in [0.2, 0.25) is 0 Å². The molecule has 7 heteroatoms. The van der Waals surface area contributed by atoms with E-state index in [9.17, 15) is 9.18 Å². The summed E-state index contributed by atoms with van der Waals surface area (Å²) in [7, 11) is 0. The second kappa shape index (κ2) is 5.40. The lowest BCUT2D eigenvalue weighted by Crippen LogP contribution is -2.15. The number of anilines is 2. The zero-order chi connectivity index (χ0) is 14.7. The average molecular weight is 273 g/mol. The summed E-state index contributed by atoms with van der Waals surface area (Å²) in [6.45, 7) is 1.87. The van der Waals surface area contributed by atoms with Gasteiger partial charge < -0.3 is 11.1 Å². The molecule has 0 aliphatic heterocycles. The number of nitrogen functional groups attached to an aromatic ring is 1. The summed E-state index contributed by atoms with van der Waals surface area (Å²) in [5, 5.41) is 17.5. The van der Waals surface area contributed by atoms with Gasteiger partial charge in [0.1, 0.15) is 5.82 Å². The molecule has 0 radical (unpaired) electrons. The highest BCUT2D eigenvalue weighted by Gasteiger charge is 2.17. The van der Waals surface area contributed by atoms with E-state index in [1.54, 1.807) is 0 Å². The number of aromatic nitrogens is 2. The summed E-state index contributed by atoms with van der Waals surface area (Å²) in [5.41, 5.74) is 6.82. The Hall–Kier alpha value is -2.88. The van der Waals surface area contributed by atoms with Gasteiger partial charge in [-0.05, 0) is 24.6 Å². The highest BCUT2D eigenvalue weighted by molar-refractivity contribution is 6.06. The Labute approximate surface area is 114 Å². The SMILES string of the molecule is CCc1[nH]nc(C(=O)Nc2ccc(C#N)cc2F)c1N. The lowest BCUT2D eigenvalue weighted by molar-refractivity contribution is 0.102. The van der Waals surface area contributed by atoms with Crippen molar-refractivity contribution in [1.29, 1.82) is 5.26 Å². The minimum atomic E-state index is -0.692. The highest BCUT2D eigenvalue weighted by atomic mass is 19.1. The summed E-state index contributed by atoms with van der Waals surface area (Å²) >= 11 is 0. The topological polar surface area (TPSA) is 108 Å². The summed E-state index contributed by atoms with van der Waals surface area (Å²) in [6, 6.07) is 5.57. The van der Waals surface area contributed by atoms with E-state index in [1.807, 2.05) is 13.0 Å². The number of nitrogens with two attached hydrogens (primary N) is 1. The molecule has 0 bridgehead atoms. The van der Waals surface area contributed by atoms with Gasteiger partial charge in [0.2, 0.25) is 0 Å². The fraction of sp³-hybridized carbons (Fsp3) is 0.154. The fourth-order valence-electron chi connectivity index (χ4n) is 1.70. The predicted octanol–water partition coefficient (Wildman–Crippen LogP) is 1.82. The van der Waals surface area contributed by atoms with Crippen molar-refractivity contribution in [2.24, 2.45) is 0 Å². The maximum absolute atomic E-state index is 13.7.